The summed E-state index contributed by atoms with van der Waals surface area (Å²) >= 11 is 0. The average molecular weight is 394 g/mol. The standard InChI is InChI=1S/C18H19FN2O5S/c19-16-6-1-2-7-17(16)26-13-18(22)20-14-4-3-5-15(12-14)27(23,24)21-8-10-25-11-9-21/h1-7,12H,8-11,13H2,(H,20,22). The number of rotatable bonds is 6. The van der Waals surface area contributed by atoms with E-state index in [9.17, 15) is 17.6 Å². The lowest BCUT2D eigenvalue weighted by Crippen LogP contribution is -2.40. The molecule has 0 saturated carbocycles. The zero-order valence-electron chi connectivity index (χ0n) is 14.4. The van der Waals surface area contributed by atoms with Crippen molar-refractivity contribution >= 4 is 21.6 Å². The van der Waals surface area contributed by atoms with E-state index in [2.05, 4.69) is 5.32 Å². The van der Waals surface area contributed by atoms with Crippen LogP contribution in [0.2, 0.25) is 0 Å². The Labute approximate surface area is 156 Å². The number of morpholine rings is 1. The molecule has 27 heavy (non-hydrogen) atoms. The topological polar surface area (TPSA) is 84.9 Å². The van der Waals surface area contributed by atoms with E-state index in [1.54, 1.807) is 18.2 Å². The van der Waals surface area contributed by atoms with Gasteiger partial charge in [-0.2, -0.15) is 4.31 Å². The van der Waals surface area contributed by atoms with Gasteiger partial charge in [0.1, 0.15) is 0 Å². The van der Waals surface area contributed by atoms with Gasteiger partial charge in [-0.1, -0.05) is 18.2 Å². The molecule has 1 fully saturated rings. The van der Waals surface area contributed by atoms with E-state index in [0.717, 1.165) is 0 Å². The summed E-state index contributed by atoms with van der Waals surface area (Å²) in [6, 6.07) is 11.7. The first-order valence-electron chi connectivity index (χ1n) is 8.32. The van der Waals surface area contributed by atoms with E-state index in [1.807, 2.05) is 0 Å². The number of nitrogens with one attached hydrogen (secondary N) is 1. The molecule has 1 amide bonds. The molecule has 1 saturated heterocycles. The molecule has 144 valence electrons. The second kappa shape index (κ2) is 8.47. The lowest BCUT2D eigenvalue weighted by molar-refractivity contribution is -0.118. The maximum absolute atomic E-state index is 13.5. The molecule has 3 rings (SSSR count). The molecule has 1 aliphatic heterocycles. The number of hydrogen-bond acceptors (Lipinski definition) is 5. The van der Waals surface area contributed by atoms with Crippen molar-refractivity contribution in [1.82, 2.24) is 4.31 Å². The molecule has 0 atom stereocenters. The van der Waals surface area contributed by atoms with Crippen molar-refractivity contribution in [2.24, 2.45) is 0 Å². The number of para-hydroxylation sites is 1. The molecular formula is C18H19FN2O5S. The predicted molar refractivity (Wildman–Crippen MR) is 96.5 cm³/mol. The highest BCUT2D eigenvalue weighted by Gasteiger charge is 2.26. The maximum atomic E-state index is 13.5. The van der Waals surface area contributed by atoms with Gasteiger partial charge in [-0.25, -0.2) is 12.8 Å². The molecule has 1 heterocycles. The Morgan fingerprint density at radius 3 is 2.63 bits per heavy atom. The number of carbonyl (C=O) groups excluding carboxylic acids is 1. The van der Waals surface area contributed by atoms with E-state index >= 15 is 0 Å². The smallest absolute Gasteiger partial charge is 0.262 e. The van der Waals surface area contributed by atoms with Gasteiger partial charge in [0.2, 0.25) is 10.0 Å². The largest absolute Gasteiger partial charge is 0.481 e. The van der Waals surface area contributed by atoms with Gasteiger partial charge in [0.25, 0.3) is 5.91 Å². The Morgan fingerprint density at radius 1 is 1.15 bits per heavy atom. The van der Waals surface area contributed by atoms with Gasteiger partial charge in [0.05, 0.1) is 18.1 Å². The van der Waals surface area contributed by atoms with Crippen molar-refractivity contribution in [1.29, 1.82) is 0 Å². The van der Waals surface area contributed by atoms with E-state index in [-0.39, 0.29) is 23.7 Å². The molecule has 2 aromatic carbocycles. The van der Waals surface area contributed by atoms with E-state index in [0.29, 0.717) is 18.9 Å². The summed E-state index contributed by atoms with van der Waals surface area (Å²) < 4.78 is 50.5. The SMILES string of the molecule is O=C(COc1ccccc1F)Nc1cccc(S(=O)(=O)N2CCOCC2)c1. The van der Waals surface area contributed by atoms with Crippen molar-refractivity contribution in [3.8, 4) is 5.75 Å². The first-order valence-corrected chi connectivity index (χ1v) is 9.76. The summed E-state index contributed by atoms with van der Waals surface area (Å²) in [6.45, 7) is 0.873. The van der Waals surface area contributed by atoms with Crippen LogP contribution in [0.15, 0.2) is 53.4 Å². The maximum Gasteiger partial charge on any atom is 0.262 e. The first-order chi connectivity index (χ1) is 13.0. The van der Waals surface area contributed by atoms with Crippen molar-refractivity contribution in [3.05, 3.63) is 54.3 Å². The molecular weight excluding hydrogens is 375 g/mol. The third-order valence-electron chi connectivity index (χ3n) is 3.92. The van der Waals surface area contributed by atoms with Gasteiger partial charge in [-0.15, -0.1) is 0 Å². The van der Waals surface area contributed by atoms with Crippen LogP contribution in [0.5, 0.6) is 5.75 Å². The van der Waals surface area contributed by atoms with Gasteiger partial charge < -0.3 is 14.8 Å². The zero-order chi connectivity index (χ0) is 19.3. The quantitative estimate of drug-likeness (QED) is 0.809. The molecule has 9 heteroatoms. The lowest BCUT2D eigenvalue weighted by Gasteiger charge is -2.26. The summed E-state index contributed by atoms with van der Waals surface area (Å²) in [5.41, 5.74) is 0.312. The lowest BCUT2D eigenvalue weighted by atomic mass is 10.3. The fourth-order valence-electron chi connectivity index (χ4n) is 2.57. The minimum absolute atomic E-state index is 0.0312. The van der Waals surface area contributed by atoms with Gasteiger partial charge in [0.15, 0.2) is 18.2 Å². The number of sulfonamides is 1. The molecule has 0 aliphatic carbocycles. The Morgan fingerprint density at radius 2 is 1.89 bits per heavy atom. The molecule has 2 aromatic rings. The number of ether oxygens (including phenoxy) is 2. The summed E-state index contributed by atoms with van der Waals surface area (Å²) in [5, 5.41) is 2.55. The highest BCUT2D eigenvalue weighted by atomic mass is 32.2. The number of halogens is 1. The van der Waals surface area contributed by atoms with Gasteiger partial charge in [-0.3, -0.25) is 4.79 Å². The Kier molecular flexibility index (Phi) is 6.04. The molecule has 0 unspecified atom stereocenters. The number of hydrogen-bond donors (Lipinski definition) is 1. The summed E-state index contributed by atoms with van der Waals surface area (Å²) in [4.78, 5) is 12.1. The highest BCUT2D eigenvalue weighted by molar-refractivity contribution is 7.89. The van der Waals surface area contributed by atoms with Gasteiger partial charge >= 0.3 is 0 Å². The van der Waals surface area contributed by atoms with Crippen LogP contribution in [0.1, 0.15) is 0 Å². The van der Waals surface area contributed by atoms with Gasteiger partial charge in [0, 0.05) is 18.8 Å². The number of benzene rings is 2. The number of amides is 1. The van der Waals surface area contributed by atoms with Crippen LogP contribution in [0.25, 0.3) is 0 Å². The summed E-state index contributed by atoms with van der Waals surface area (Å²) in [6.07, 6.45) is 0. The van der Waals surface area contributed by atoms with E-state index < -0.39 is 28.4 Å². The first kappa shape index (κ1) is 19.3. The van der Waals surface area contributed by atoms with Crippen LogP contribution in [0.4, 0.5) is 10.1 Å². The Hall–Kier alpha value is -2.49. The molecule has 0 aromatic heterocycles. The summed E-state index contributed by atoms with van der Waals surface area (Å²) in [5.74, 6) is -1.13. The highest BCUT2D eigenvalue weighted by Crippen LogP contribution is 2.21. The fourth-order valence-corrected chi connectivity index (χ4v) is 4.03. The molecule has 7 nitrogen and oxygen atoms in total. The number of anilines is 1. The second-order valence-corrected chi connectivity index (χ2v) is 7.75. The van der Waals surface area contributed by atoms with Crippen molar-refractivity contribution in [2.45, 2.75) is 4.90 Å². The normalized spacial score (nSPS) is 15.3. The van der Waals surface area contributed by atoms with E-state index in [4.69, 9.17) is 9.47 Å². The van der Waals surface area contributed by atoms with Crippen LogP contribution in [-0.4, -0.2) is 51.5 Å². The Bertz CT molecular complexity index is 913. The van der Waals surface area contributed by atoms with Gasteiger partial charge in [-0.05, 0) is 30.3 Å². The third-order valence-corrected chi connectivity index (χ3v) is 5.82. The van der Waals surface area contributed by atoms with Crippen LogP contribution < -0.4 is 10.1 Å². The molecule has 0 spiro atoms. The molecule has 0 radical (unpaired) electrons. The number of nitrogens with zero attached hydrogens (tertiary/aromatic N) is 1. The summed E-state index contributed by atoms with van der Waals surface area (Å²) in [7, 11) is -3.66. The average Bonchev–Trinajstić information content (AvgIpc) is 2.68. The Balaban J connectivity index is 1.65. The molecule has 1 aliphatic rings. The monoisotopic (exact) mass is 394 g/mol. The van der Waals surface area contributed by atoms with Crippen molar-refractivity contribution < 1.29 is 27.1 Å². The van der Waals surface area contributed by atoms with Crippen molar-refractivity contribution in [3.63, 3.8) is 0 Å². The minimum Gasteiger partial charge on any atom is -0.481 e. The minimum atomic E-state index is -3.66. The molecule has 0 bridgehead atoms. The number of carbonyl (C=O) groups is 1. The van der Waals surface area contributed by atoms with Crippen LogP contribution >= 0.6 is 0 Å². The fraction of sp³-hybridized carbons (Fsp3) is 0.278. The van der Waals surface area contributed by atoms with Crippen LogP contribution in [0.3, 0.4) is 0 Å². The van der Waals surface area contributed by atoms with Crippen LogP contribution in [0, 0.1) is 5.82 Å². The second-order valence-electron chi connectivity index (χ2n) is 5.81. The van der Waals surface area contributed by atoms with Crippen LogP contribution in [-0.2, 0) is 19.6 Å². The predicted octanol–water partition coefficient (Wildman–Crippen LogP) is 1.86. The molecule has 1 N–H and O–H groups in total. The van der Waals surface area contributed by atoms with Crippen molar-refractivity contribution in [2.75, 3.05) is 38.2 Å². The zero-order valence-corrected chi connectivity index (χ0v) is 15.2. The van der Waals surface area contributed by atoms with E-state index in [1.165, 1.54) is 34.6 Å². The third kappa shape index (κ3) is 4.82.